The van der Waals surface area contributed by atoms with E-state index in [4.69, 9.17) is 4.74 Å². The number of ether oxygens (including phenoxy) is 1. The van der Waals surface area contributed by atoms with Crippen LogP contribution in [0, 0.1) is 5.82 Å². The number of hydrogen-bond acceptors (Lipinski definition) is 5. The molecule has 1 aliphatic rings. The second-order valence-corrected chi connectivity index (χ2v) is 8.77. The Balaban J connectivity index is 2.40. The third-order valence-corrected chi connectivity index (χ3v) is 5.72. The van der Waals surface area contributed by atoms with Crippen molar-refractivity contribution in [3.63, 3.8) is 0 Å². The minimum absolute atomic E-state index is 0.0396. The van der Waals surface area contributed by atoms with E-state index in [1.54, 1.807) is 12.1 Å². The van der Waals surface area contributed by atoms with Crippen LogP contribution in [-0.4, -0.2) is 37.9 Å². The Hall–Kier alpha value is -2.03. The predicted octanol–water partition coefficient (Wildman–Crippen LogP) is 2.80. The van der Waals surface area contributed by atoms with Gasteiger partial charge in [-0.1, -0.05) is 26.0 Å². The van der Waals surface area contributed by atoms with Crippen molar-refractivity contribution in [1.82, 2.24) is 4.98 Å². The molecule has 146 valence electrons. The molecule has 3 rings (SSSR count). The largest absolute Gasteiger partial charge is 0.392 e. The molecule has 27 heavy (non-hydrogen) atoms. The van der Waals surface area contributed by atoms with Crippen LogP contribution in [0.1, 0.15) is 36.6 Å². The minimum Gasteiger partial charge on any atom is -0.392 e. The summed E-state index contributed by atoms with van der Waals surface area (Å²) >= 11 is 0. The van der Waals surface area contributed by atoms with Gasteiger partial charge in [-0.05, 0) is 29.2 Å². The summed E-state index contributed by atoms with van der Waals surface area (Å²) in [6.45, 7) is 4.15. The van der Waals surface area contributed by atoms with E-state index in [1.807, 2.05) is 13.8 Å². The Morgan fingerprint density at radius 2 is 1.96 bits per heavy atom. The fraction of sp³-hybridized carbons (Fsp3) is 0.421. The molecule has 0 spiro atoms. The van der Waals surface area contributed by atoms with Gasteiger partial charge < -0.3 is 9.84 Å². The highest BCUT2D eigenvalue weighted by Crippen LogP contribution is 2.39. The average Bonchev–Trinajstić information content (AvgIpc) is 2.82. The topological polar surface area (TPSA) is 79.7 Å². The highest BCUT2D eigenvalue weighted by atomic mass is 32.2. The summed E-state index contributed by atoms with van der Waals surface area (Å²) in [4.78, 5) is 4.63. The molecule has 0 radical (unpaired) electrons. The Labute approximate surface area is 158 Å². The zero-order valence-corrected chi connectivity index (χ0v) is 16.4. The second kappa shape index (κ2) is 7.53. The van der Waals surface area contributed by atoms with Gasteiger partial charge in [0.15, 0.2) is 0 Å². The Morgan fingerprint density at radius 3 is 2.52 bits per heavy atom. The molecule has 0 saturated carbocycles. The molecule has 0 aliphatic carbocycles. The lowest BCUT2D eigenvalue weighted by molar-refractivity contribution is 0.133. The van der Waals surface area contributed by atoms with Crippen LogP contribution in [0.3, 0.4) is 0 Å². The number of benzene rings is 1. The van der Waals surface area contributed by atoms with Gasteiger partial charge in [0.25, 0.3) is 0 Å². The van der Waals surface area contributed by atoms with E-state index < -0.39 is 10.0 Å². The first kappa shape index (κ1) is 19.7. The van der Waals surface area contributed by atoms with Crippen LogP contribution < -0.4 is 4.31 Å². The number of nitrogens with zero attached hydrogens (tertiary/aromatic N) is 2. The molecule has 0 fully saturated rings. The molecular formula is C19H23FN2O4S. The molecule has 0 bridgehead atoms. The Kier molecular flexibility index (Phi) is 5.50. The lowest BCUT2D eigenvalue weighted by Gasteiger charge is -2.26. The van der Waals surface area contributed by atoms with Crippen LogP contribution in [0.25, 0.3) is 11.1 Å². The van der Waals surface area contributed by atoms with Gasteiger partial charge in [-0.2, -0.15) is 0 Å². The number of aromatic nitrogens is 1. The normalized spacial score (nSPS) is 15.0. The third kappa shape index (κ3) is 3.83. The number of aliphatic hydroxyl groups is 1. The lowest BCUT2D eigenvalue weighted by atomic mass is 9.91. The number of halogens is 1. The first-order valence-electron chi connectivity index (χ1n) is 8.72. The van der Waals surface area contributed by atoms with Crippen LogP contribution in [0.4, 0.5) is 10.2 Å². The summed E-state index contributed by atoms with van der Waals surface area (Å²) in [5.74, 6) is -0.0972. The summed E-state index contributed by atoms with van der Waals surface area (Å²) in [6.07, 6.45) is 1.14. The summed E-state index contributed by atoms with van der Waals surface area (Å²) in [7, 11) is -3.56. The van der Waals surface area contributed by atoms with Gasteiger partial charge >= 0.3 is 0 Å². The van der Waals surface area contributed by atoms with E-state index in [0.717, 1.165) is 6.26 Å². The van der Waals surface area contributed by atoms with Crippen molar-refractivity contribution >= 4 is 15.8 Å². The molecule has 0 saturated heterocycles. The van der Waals surface area contributed by atoms with Gasteiger partial charge in [-0.15, -0.1) is 0 Å². The van der Waals surface area contributed by atoms with Crippen molar-refractivity contribution in [3.05, 3.63) is 46.9 Å². The van der Waals surface area contributed by atoms with Crippen molar-refractivity contribution < 1.29 is 22.7 Å². The molecule has 1 aliphatic heterocycles. The standard InChI is InChI=1S/C19H23FN2O4S/c1-12(2)18-15(10-23)17(13-4-6-14(20)7-5-13)16-11-26-9-8-22(19(16)21-18)27(3,24)25/h4-7,12,23H,8-11H2,1-3H3. The number of rotatable bonds is 4. The maximum Gasteiger partial charge on any atom is 0.233 e. The van der Waals surface area contributed by atoms with E-state index in [-0.39, 0.29) is 38.1 Å². The van der Waals surface area contributed by atoms with Crippen molar-refractivity contribution in [2.45, 2.75) is 33.0 Å². The molecule has 0 atom stereocenters. The number of fused-ring (bicyclic) bond motifs is 1. The van der Waals surface area contributed by atoms with Crippen molar-refractivity contribution in [1.29, 1.82) is 0 Å². The lowest BCUT2D eigenvalue weighted by Crippen LogP contribution is -2.33. The highest BCUT2D eigenvalue weighted by Gasteiger charge is 2.30. The number of anilines is 1. The van der Waals surface area contributed by atoms with Gasteiger partial charge in [0.2, 0.25) is 10.0 Å². The van der Waals surface area contributed by atoms with Crippen LogP contribution in [0.15, 0.2) is 24.3 Å². The third-order valence-electron chi connectivity index (χ3n) is 4.57. The first-order chi connectivity index (χ1) is 12.7. The SMILES string of the molecule is CC(C)c1nc2c(c(-c3ccc(F)cc3)c1CO)COCCN2S(C)(=O)=O. The molecule has 6 nitrogen and oxygen atoms in total. The zero-order valence-electron chi connectivity index (χ0n) is 15.6. The fourth-order valence-electron chi connectivity index (χ4n) is 3.37. The van der Waals surface area contributed by atoms with Crippen LogP contribution in [0.5, 0.6) is 0 Å². The number of aliphatic hydroxyl groups excluding tert-OH is 1. The van der Waals surface area contributed by atoms with Gasteiger partial charge in [-0.3, -0.25) is 4.31 Å². The van der Waals surface area contributed by atoms with Gasteiger partial charge in [0, 0.05) is 11.1 Å². The van der Waals surface area contributed by atoms with E-state index in [9.17, 15) is 17.9 Å². The maximum atomic E-state index is 13.4. The minimum atomic E-state index is -3.56. The molecule has 1 N–H and O–H groups in total. The average molecular weight is 394 g/mol. The molecule has 1 aromatic heterocycles. The molecule has 1 aromatic carbocycles. The summed E-state index contributed by atoms with van der Waals surface area (Å²) < 4.78 is 45.0. The van der Waals surface area contributed by atoms with E-state index >= 15 is 0 Å². The van der Waals surface area contributed by atoms with Gasteiger partial charge in [0.1, 0.15) is 11.6 Å². The molecule has 0 amide bonds. The van der Waals surface area contributed by atoms with Gasteiger partial charge in [-0.25, -0.2) is 17.8 Å². The van der Waals surface area contributed by atoms with Gasteiger partial charge in [0.05, 0.1) is 38.3 Å². The predicted molar refractivity (Wildman–Crippen MR) is 101 cm³/mol. The molecule has 0 unspecified atom stereocenters. The molecule has 8 heteroatoms. The number of pyridine rings is 1. The Morgan fingerprint density at radius 1 is 1.30 bits per heavy atom. The van der Waals surface area contributed by atoms with Crippen molar-refractivity contribution in [2.75, 3.05) is 23.7 Å². The second-order valence-electron chi connectivity index (χ2n) is 6.86. The van der Waals surface area contributed by atoms with Crippen LogP contribution in [-0.2, 0) is 28.0 Å². The fourth-order valence-corrected chi connectivity index (χ4v) is 4.24. The molecule has 2 aromatic rings. The summed E-state index contributed by atoms with van der Waals surface area (Å²) in [6, 6.07) is 5.91. The summed E-state index contributed by atoms with van der Waals surface area (Å²) in [5, 5.41) is 10.1. The van der Waals surface area contributed by atoms with E-state index in [2.05, 4.69) is 4.98 Å². The van der Waals surface area contributed by atoms with Crippen LogP contribution >= 0.6 is 0 Å². The smallest absolute Gasteiger partial charge is 0.233 e. The summed E-state index contributed by atoms with van der Waals surface area (Å²) in [5.41, 5.74) is 3.14. The quantitative estimate of drug-likeness (QED) is 0.863. The highest BCUT2D eigenvalue weighted by molar-refractivity contribution is 7.92. The van der Waals surface area contributed by atoms with E-state index in [1.165, 1.54) is 16.4 Å². The Bertz CT molecular complexity index is 943. The molecule has 2 heterocycles. The van der Waals surface area contributed by atoms with Crippen LogP contribution in [0.2, 0.25) is 0 Å². The zero-order chi connectivity index (χ0) is 19.8. The first-order valence-corrected chi connectivity index (χ1v) is 10.6. The van der Waals surface area contributed by atoms with Crippen molar-refractivity contribution in [2.24, 2.45) is 0 Å². The monoisotopic (exact) mass is 394 g/mol. The maximum absolute atomic E-state index is 13.4. The van der Waals surface area contributed by atoms with Crippen molar-refractivity contribution in [3.8, 4) is 11.1 Å². The number of hydrogen-bond donors (Lipinski definition) is 1. The van der Waals surface area contributed by atoms with E-state index in [0.29, 0.717) is 33.8 Å². The molecular weight excluding hydrogens is 371 g/mol. The number of sulfonamides is 1.